The molecular weight excluding hydrogens is 257 g/mol. The van der Waals surface area contributed by atoms with Gasteiger partial charge in [0.2, 0.25) is 0 Å². The highest BCUT2D eigenvalue weighted by Crippen LogP contribution is 2.45. The number of Topliss-reactive ketones (excluding diaryl/α,β-unsaturated/α-hetero) is 1. The van der Waals surface area contributed by atoms with E-state index in [1.165, 1.54) is 0 Å². The number of ketones is 1. The first kappa shape index (κ1) is 15.3. The van der Waals surface area contributed by atoms with E-state index in [9.17, 15) is 4.79 Å². The molecular formula is C13H23Cl2NO. The van der Waals surface area contributed by atoms with Crippen LogP contribution in [0.1, 0.15) is 40.0 Å². The Hall–Kier alpha value is 0.210. The van der Waals surface area contributed by atoms with Gasteiger partial charge in [0.25, 0.3) is 0 Å². The summed E-state index contributed by atoms with van der Waals surface area (Å²) in [6.07, 6.45) is 3.14. The van der Waals surface area contributed by atoms with Crippen LogP contribution in [-0.4, -0.2) is 23.7 Å². The minimum absolute atomic E-state index is 0.0169. The quantitative estimate of drug-likeness (QED) is 0.800. The number of nitrogens with one attached hydrogen (secondary N) is 1. The highest BCUT2D eigenvalue weighted by atomic mass is 35.5. The van der Waals surface area contributed by atoms with Gasteiger partial charge in [0.05, 0.1) is 0 Å². The summed E-state index contributed by atoms with van der Waals surface area (Å²) in [5.41, 5.74) is -0.0838. The summed E-state index contributed by atoms with van der Waals surface area (Å²) < 4.78 is 0. The maximum Gasteiger partial charge on any atom is 0.169 e. The number of rotatable bonds is 4. The van der Waals surface area contributed by atoms with Gasteiger partial charge in [-0.15, -0.1) is 0 Å². The lowest BCUT2D eigenvalue weighted by Gasteiger charge is -2.47. The normalized spacial score (nSPS) is 32.8. The number of hydrogen-bond donors (Lipinski definition) is 1. The number of hydrogen-bond acceptors (Lipinski definition) is 2. The zero-order valence-corrected chi connectivity index (χ0v) is 12.6. The Labute approximate surface area is 114 Å². The molecule has 0 radical (unpaired) electrons. The van der Waals surface area contributed by atoms with Gasteiger partial charge in [0.15, 0.2) is 10.6 Å². The Morgan fingerprint density at radius 3 is 2.41 bits per heavy atom. The third kappa shape index (κ3) is 3.15. The smallest absolute Gasteiger partial charge is 0.169 e. The van der Waals surface area contributed by atoms with E-state index in [2.05, 4.69) is 26.1 Å². The fraction of sp³-hybridized carbons (Fsp3) is 0.923. The largest absolute Gasteiger partial charge is 0.316 e. The lowest BCUT2D eigenvalue weighted by molar-refractivity contribution is -0.128. The third-order valence-electron chi connectivity index (χ3n) is 4.42. The van der Waals surface area contributed by atoms with Crippen LogP contribution in [0, 0.1) is 17.3 Å². The molecule has 0 amide bonds. The number of alkyl halides is 2. The van der Waals surface area contributed by atoms with Crippen molar-refractivity contribution >= 4 is 29.0 Å². The van der Waals surface area contributed by atoms with Gasteiger partial charge < -0.3 is 5.32 Å². The Morgan fingerprint density at radius 1 is 1.41 bits per heavy atom. The molecule has 1 saturated carbocycles. The van der Waals surface area contributed by atoms with E-state index < -0.39 is 4.84 Å². The first-order valence-corrected chi connectivity index (χ1v) is 7.21. The van der Waals surface area contributed by atoms with Crippen molar-refractivity contribution < 1.29 is 4.79 Å². The van der Waals surface area contributed by atoms with E-state index in [1.807, 2.05) is 7.05 Å². The van der Waals surface area contributed by atoms with E-state index >= 15 is 0 Å². The molecule has 0 heterocycles. The average molecular weight is 280 g/mol. The second-order valence-electron chi connectivity index (χ2n) is 5.66. The van der Waals surface area contributed by atoms with Crippen molar-refractivity contribution in [3.63, 3.8) is 0 Å². The van der Waals surface area contributed by atoms with Crippen molar-refractivity contribution in [1.29, 1.82) is 0 Å². The Morgan fingerprint density at radius 2 is 2.00 bits per heavy atom. The zero-order chi connectivity index (χ0) is 13.2. The molecule has 0 spiro atoms. The van der Waals surface area contributed by atoms with Gasteiger partial charge in [-0.25, -0.2) is 0 Å². The maximum absolute atomic E-state index is 12.1. The molecule has 0 aliphatic heterocycles. The summed E-state index contributed by atoms with van der Waals surface area (Å²) >= 11 is 11.5. The molecule has 3 atom stereocenters. The van der Waals surface area contributed by atoms with E-state index in [4.69, 9.17) is 23.2 Å². The van der Waals surface area contributed by atoms with E-state index in [1.54, 1.807) is 0 Å². The Bertz CT molecular complexity index is 279. The molecule has 17 heavy (non-hydrogen) atoms. The minimum atomic E-state index is -0.896. The van der Waals surface area contributed by atoms with Crippen molar-refractivity contribution in [2.24, 2.45) is 17.3 Å². The monoisotopic (exact) mass is 279 g/mol. The fourth-order valence-electron chi connectivity index (χ4n) is 3.07. The van der Waals surface area contributed by atoms with Crippen LogP contribution in [0.25, 0.3) is 0 Å². The molecule has 0 saturated heterocycles. The first-order valence-electron chi connectivity index (χ1n) is 6.33. The molecule has 1 aliphatic carbocycles. The second kappa shape index (κ2) is 5.90. The fourth-order valence-corrected chi connectivity index (χ4v) is 3.38. The molecule has 0 aromatic heterocycles. The van der Waals surface area contributed by atoms with Gasteiger partial charge in [-0.1, -0.05) is 50.4 Å². The van der Waals surface area contributed by atoms with Crippen LogP contribution in [0.4, 0.5) is 0 Å². The SMILES string of the molecule is CCC1CC(NC)C(C)(C)C(C(=O)C(Cl)Cl)C1. The molecule has 1 fully saturated rings. The van der Waals surface area contributed by atoms with Gasteiger partial charge in [-0.3, -0.25) is 4.79 Å². The van der Waals surface area contributed by atoms with Crippen molar-refractivity contribution in [2.75, 3.05) is 7.05 Å². The van der Waals surface area contributed by atoms with Crippen LogP contribution in [0.15, 0.2) is 0 Å². The van der Waals surface area contributed by atoms with Crippen LogP contribution in [0.3, 0.4) is 0 Å². The van der Waals surface area contributed by atoms with E-state index in [-0.39, 0.29) is 17.1 Å². The molecule has 2 nitrogen and oxygen atoms in total. The Balaban J connectivity index is 2.94. The minimum Gasteiger partial charge on any atom is -0.316 e. The van der Waals surface area contributed by atoms with Crippen molar-refractivity contribution in [3.05, 3.63) is 0 Å². The molecule has 0 aromatic rings. The molecule has 1 aliphatic rings. The van der Waals surface area contributed by atoms with Crippen LogP contribution in [0.5, 0.6) is 0 Å². The van der Waals surface area contributed by atoms with Crippen LogP contribution >= 0.6 is 23.2 Å². The van der Waals surface area contributed by atoms with Crippen LogP contribution in [-0.2, 0) is 4.79 Å². The second-order valence-corrected chi connectivity index (χ2v) is 6.76. The summed E-state index contributed by atoms with van der Waals surface area (Å²) in [5, 5.41) is 3.34. The predicted molar refractivity (Wildman–Crippen MR) is 73.6 cm³/mol. The van der Waals surface area contributed by atoms with Gasteiger partial charge in [-0.2, -0.15) is 0 Å². The summed E-state index contributed by atoms with van der Waals surface area (Å²) in [6, 6.07) is 0.349. The Kier molecular flexibility index (Phi) is 5.30. The lowest BCUT2D eigenvalue weighted by atomic mass is 9.61. The molecule has 1 rings (SSSR count). The van der Waals surface area contributed by atoms with Crippen LogP contribution in [0.2, 0.25) is 0 Å². The van der Waals surface area contributed by atoms with Crippen molar-refractivity contribution in [1.82, 2.24) is 5.32 Å². The first-order chi connectivity index (χ1) is 7.84. The lowest BCUT2D eigenvalue weighted by Crippen LogP contribution is -2.53. The highest BCUT2D eigenvalue weighted by Gasteiger charge is 2.46. The van der Waals surface area contributed by atoms with Gasteiger partial charge in [0, 0.05) is 12.0 Å². The number of carbonyl (C=O) groups is 1. The highest BCUT2D eigenvalue weighted by molar-refractivity contribution is 6.53. The van der Waals surface area contributed by atoms with E-state index in [0.717, 1.165) is 19.3 Å². The van der Waals surface area contributed by atoms with Gasteiger partial charge in [-0.05, 0) is 31.2 Å². The van der Waals surface area contributed by atoms with Gasteiger partial charge >= 0.3 is 0 Å². The molecule has 0 bridgehead atoms. The third-order valence-corrected chi connectivity index (χ3v) is 4.85. The van der Waals surface area contributed by atoms with E-state index in [0.29, 0.717) is 12.0 Å². The van der Waals surface area contributed by atoms with Crippen LogP contribution < -0.4 is 5.32 Å². The van der Waals surface area contributed by atoms with Crippen molar-refractivity contribution in [3.8, 4) is 0 Å². The average Bonchev–Trinajstić information content (AvgIpc) is 2.27. The topological polar surface area (TPSA) is 29.1 Å². The summed E-state index contributed by atoms with van der Waals surface area (Å²) in [5.74, 6) is 0.525. The van der Waals surface area contributed by atoms with Crippen molar-refractivity contribution in [2.45, 2.75) is 50.9 Å². The molecule has 100 valence electrons. The number of halogens is 2. The summed E-state index contributed by atoms with van der Waals surface area (Å²) in [7, 11) is 1.96. The molecule has 0 aromatic carbocycles. The zero-order valence-electron chi connectivity index (χ0n) is 11.1. The summed E-state index contributed by atoms with van der Waals surface area (Å²) in [4.78, 5) is 11.2. The summed E-state index contributed by atoms with van der Waals surface area (Å²) in [6.45, 7) is 6.45. The maximum atomic E-state index is 12.1. The molecule has 3 unspecified atom stereocenters. The number of carbonyl (C=O) groups excluding carboxylic acids is 1. The molecule has 1 N–H and O–H groups in total. The standard InChI is InChI=1S/C13H23Cl2NO/c1-5-8-6-9(11(17)12(14)15)13(2,3)10(7-8)16-4/h8-10,12,16H,5-7H2,1-4H3. The van der Waals surface area contributed by atoms with Gasteiger partial charge in [0.1, 0.15) is 0 Å². The predicted octanol–water partition coefficient (Wildman–Crippen LogP) is 3.41. The molecule has 4 heteroatoms.